The average molecular weight is 430 g/mol. The molecule has 2 aliphatic heterocycles. The number of H-pyrrole nitrogens is 2. The van der Waals surface area contributed by atoms with Crippen LogP contribution in [-0.4, -0.2) is 31.0 Å². The molecule has 0 fully saturated rings. The Labute approximate surface area is 188 Å². The summed E-state index contributed by atoms with van der Waals surface area (Å²) in [5.41, 5.74) is 7.70. The first-order valence-corrected chi connectivity index (χ1v) is 10.5. The van der Waals surface area contributed by atoms with Crippen molar-refractivity contribution >= 4 is 52.3 Å². The van der Waals surface area contributed by atoms with E-state index in [1.54, 1.807) is 6.07 Å². The third-order valence-corrected chi connectivity index (χ3v) is 5.62. The van der Waals surface area contributed by atoms with Crippen molar-refractivity contribution in [3.8, 4) is 11.1 Å². The highest BCUT2D eigenvalue weighted by Gasteiger charge is 2.19. The molecule has 6 nitrogen and oxygen atoms in total. The van der Waals surface area contributed by atoms with Crippen LogP contribution in [0.2, 0.25) is 0 Å². The third-order valence-electron chi connectivity index (χ3n) is 5.62. The number of aromatic carboxylic acids is 1. The molecule has 8 bridgehead atoms. The zero-order valence-electron chi connectivity index (χ0n) is 17.4. The van der Waals surface area contributed by atoms with Crippen LogP contribution in [0.25, 0.3) is 57.5 Å². The maximum Gasteiger partial charge on any atom is 0.338 e. The quantitative estimate of drug-likeness (QED) is 0.313. The van der Waals surface area contributed by atoms with E-state index in [1.807, 2.05) is 85.0 Å². The Hall–Kier alpha value is -4.71. The molecule has 0 saturated carbocycles. The van der Waals surface area contributed by atoms with E-state index in [9.17, 15) is 9.90 Å². The summed E-state index contributed by atoms with van der Waals surface area (Å²) in [7, 11) is 0. The summed E-state index contributed by atoms with van der Waals surface area (Å²) in [5, 5.41) is 10.2. The van der Waals surface area contributed by atoms with Gasteiger partial charge in [0, 0.05) is 22.1 Å². The monoisotopic (exact) mass is 430 g/mol. The number of rotatable bonds is 2. The molecule has 0 radical (unpaired) electrons. The van der Waals surface area contributed by atoms with Gasteiger partial charge in [-0.25, -0.2) is 14.8 Å². The van der Waals surface area contributed by atoms with Crippen molar-refractivity contribution in [3.63, 3.8) is 0 Å². The van der Waals surface area contributed by atoms with Crippen LogP contribution in [0.3, 0.4) is 0 Å². The first-order valence-electron chi connectivity index (χ1n) is 10.5. The average Bonchev–Trinajstić information content (AvgIpc) is 3.58. The van der Waals surface area contributed by atoms with Crippen LogP contribution in [0.4, 0.5) is 0 Å². The zero-order chi connectivity index (χ0) is 22.4. The number of nitrogens with one attached hydrogen (secondary N) is 2. The van der Waals surface area contributed by atoms with Gasteiger partial charge in [-0.05, 0) is 66.3 Å². The molecule has 0 aliphatic carbocycles. The van der Waals surface area contributed by atoms with Crippen LogP contribution in [0.1, 0.15) is 33.1 Å². The summed E-state index contributed by atoms with van der Waals surface area (Å²) in [5.74, 6) is -1.00. The molecule has 6 rings (SSSR count). The number of carboxylic acid groups (broad SMARTS) is 1. The van der Waals surface area contributed by atoms with Crippen LogP contribution in [-0.2, 0) is 0 Å². The van der Waals surface area contributed by atoms with Crippen molar-refractivity contribution in [2.24, 2.45) is 0 Å². The molecule has 158 valence electrons. The second-order valence-corrected chi connectivity index (χ2v) is 7.91. The fourth-order valence-corrected chi connectivity index (χ4v) is 4.21. The van der Waals surface area contributed by atoms with Crippen LogP contribution in [0, 0.1) is 0 Å². The largest absolute Gasteiger partial charge is 0.478 e. The van der Waals surface area contributed by atoms with Crippen LogP contribution < -0.4 is 0 Å². The van der Waals surface area contributed by atoms with Crippen molar-refractivity contribution in [3.05, 3.63) is 95.1 Å². The number of aromatic amines is 2. The Bertz CT molecular complexity index is 1640. The van der Waals surface area contributed by atoms with Gasteiger partial charge in [0.15, 0.2) is 0 Å². The third kappa shape index (κ3) is 3.53. The zero-order valence-corrected chi connectivity index (χ0v) is 17.4. The molecule has 0 spiro atoms. The number of fused-ring (bicyclic) bond motifs is 8. The van der Waals surface area contributed by atoms with Crippen molar-refractivity contribution in [1.82, 2.24) is 19.9 Å². The van der Waals surface area contributed by atoms with Gasteiger partial charge in [-0.2, -0.15) is 0 Å². The first kappa shape index (κ1) is 19.0. The van der Waals surface area contributed by atoms with Crippen molar-refractivity contribution in [1.29, 1.82) is 0 Å². The molecular weight excluding hydrogens is 412 g/mol. The minimum absolute atomic E-state index is 0.206. The summed E-state index contributed by atoms with van der Waals surface area (Å²) < 4.78 is 0. The maximum absolute atomic E-state index is 12.4. The highest BCUT2D eigenvalue weighted by atomic mass is 16.4. The molecule has 6 heteroatoms. The summed E-state index contributed by atoms with van der Waals surface area (Å²) in [4.78, 5) is 28.4. The van der Waals surface area contributed by atoms with E-state index < -0.39 is 5.97 Å². The molecule has 0 amide bonds. The fraction of sp³-hybridized carbons (Fsp3) is 0. The van der Waals surface area contributed by atoms with Crippen LogP contribution in [0.15, 0.2) is 66.7 Å². The lowest BCUT2D eigenvalue weighted by Crippen LogP contribution is -1.97. The SMILES string of the molecule is O=C(O)c1c(-c2ccccc2)c2cc3nc(cc4ccc(cc5nc(cc1[nH]2)C=C5)[nH]4)C=C3. The number of aromatic nitrogens is 4. The lowest BCUT2D eigenvalue weighted by molar-refractivity contribution is 0.0700. The number of carbonyl (C=O) groups is 1. The number of hydrogen-bond donors (Lipinski definition) is 3. The highest BCUT2D eigenvalue weighted by molar-refractivity contribution is 6.09. The summed E-state index contributed by atoms with van der Waals surface area (Å²) >= 11 is 0. The van der Waals surface area contributed by atoms with E-state index >= 15 is 0 Å². The van der Waals surface area contributed by atoms with Gasteiger partial charge in [0.05, 0.1) is 33.9 Å². The minimum atomic E-state index is -1.00. The Kier molecular flexibility index (Phi) is 4.30. The standard InChI is InChI=1S/C27H18N4O2/c32-27(33)26-24-15-22-11-9-20(30-22)13-18-7-6-17(28-18)12-19-8-10-21(29-19)14-23(31-24)25(26)16-4-2-1-3-5-16/h1-15,28,31H,(H,32,33). The van der Waals surface area contributed by atoms with Crippen LogP contribution >= 0.6 is 0 Å². The molecule has 5 heterocycles. The van der Waals surface area contributed by atoms with E-state index in [1.165, 1.54) is 0 Å². The number of hydrogen-bond acceptors (Lipinski definition) is 3. The van der Waals surface area contributed by atoms with E-state index in [0.29, 0.717) is 22.3 Å². The lowest BCUT2D eigenvalue weighted by atomic mass is 10.0. The topological polar surface area (TPSA) is 94.7 Å². The van der Waals surface area contributed by atoms with E-state index in [0.717, 1.165) is 33.7 Å². The van der Waals surface area contributed by atoms with Gasteiger partial charge in [-0.3, -0.25) is 0 Å². The van der Waals surface area contributed by atoms with Gasteiger partial charge < -0.3 is 15.1 Å². The van der Waals surface area contributed by atoms with Gasteiger partial charge in [-0.1, -0.05) is 30.3 Å². The van der Waals surface area contributed by atoms with Gasteiger partial charge in [0.25, 0.3) is 0 Å². The van der Waals surface area contributed by atoms with E-state index in [2.05, 4.69) is 15.0 Å². The highest BCUT2D eigenvalue weighted by Crippen LogP contribution is 2.32. The molecule has 2 aliphatic rings. The van der Waals surface area contributed by atoms with Gasteiger partial charge in [0.1, 0.15) is 0 Å². The molecule has 0 atom stereocenters. The molecular formula is C27H18N4O2. The van der Waals surface area contributed by atoms with E-state index in [-0.39, 0.29) is 5.56 Å². The normalized spacial score (nSPS) is 12.2. The first-order chi connectivity index (χ1) is 16.1. The predicted molar refractivity (Wildman–Crippen MR) is 131 cm³/mol. The summed E-state index contributed by atoms with van der Waals surface area (Å²) in [6, 6.07) is 21.1. The minimum Gasteiger partial charge on any atom is -0.478 e. The summed E-state index contributed by atoms with van der Waals surface area (Å²) in [6.45, 7) is 0. The molecule has 3 aromatic heterocycles. The van der Waals surface area contributed by atoms with Gasteiger partial charge in [0.2, 0.25) is 0 Å². The number of carboxylic acids is 1. The Morgan fingerprint density at radius 1 is 0.667 bits per heavy atom. The Morgan fingerprint density at radius 3 is 1.79 bits per heavy atom. The maximum atomic E-state index is 12.4. The molecule has 0 unspecified atom stereocenters. The summed E-state index contributed by atoms with van der Waals surface area (Å²) in [6.07, 6.45) is 7.65. The molecule has 3 N–H and O–H groups in total. The molecule has 1 aromatic carbocycles. The van der Waals surface area contributed by atoms with Crippen molar-refractivity contribution < 1.29 is 9.90 Å². The van der Waals surface area contributed by atoms with Gasteiger partial charge >= 0.3 is 5.97 Å². The Balaban J connectivity index is 1.76. The number of nitrogens with zero attached hydrogens (tertiary/aromatic N) is 2. The smallest absolute Gasteiger partial charge is 0.338 e. The molecule has 4 aromatic rings. The second kappa shape index (κ2) is 7.46. The fourth-order valence-electron chi connectivity index (χ4n) is 4.21. The van der Waals surface area contributed by atoms with Crippen LogP contribution in [0.5, 0.6) is 0 Å². The predicted octanol–water partition coefficient (Wildman–Crippen LogP) is 6.02. The molecule has 0 saturated heterocycles. The lowest BCUT2D eigenvalue weighted by Gasteiger charge is -2.01. The van der Waals surface area contributed by atoms with Crippen molar-refractivity contribution in [2.75, 3.05) is 0 Å². The second-order valence-electron chi connectivity index (χ2n) is 7.91. The van der Waals surface area contributed by atoms with Gasteiger partial charge in [-0.15, -0.1) is 0 Å². The van der Waals surface area contributed by atoms with Crippen molar-refractivity contribution in [2.45, 2.75) is 0 Å². The number of benzene rings is 1. The van der Waals surface area contributed by atoms with E-state index in [4.69, 9.17) is 4.98 Å². The molecule has 33 heavy (non-hydrogen) atoms. The Morgan fingerprint density at radius 2 is 1.21 bits per heavy atom.